The minimum atomic E-state index is -4.59. The number of nitrogens with zero attached hydrogens (tertiary/aromatic N) is 3. The van der Waals surface area contributed by atoms with Gasteiger partial charge in [0, 0.05) is 11.8 Å². The molecule has 0 amide bonds. The maximum Gasteiger partial charge on any atom is 0.433 e. The first-order valence-electron chi connectivity index (χ1n) is 5.60. The van der Waals surface area contributed by atoms with Gasteiger partial charge in [0.15, 0.2) is 0 Å². The second-order valence-corrected chi connectivity index (χ2v) is 4.09. The van der Waals surface area contributed by atoms with E-state index in [1.807, 2.05) is 0 Å². The average Bonchev–Trinajstić information content (AvgIpc) is 2.38. The summed E-state index contributed by atoms with van der Waals surface area (Å²) >= 11 is 5.53. The highest BCUT2D eigenvalue weighted by Gasteiger charge is 2.33. The summed E-state index contributed by atoms with van der Waals surface area (Å²) in [6.45, 7) is 2.21. The zero-order valence-corrected chi connectivity index (χ0v) is 11.0. The average molecular weight is 304 g/mol. The van der Waals surface area contributed by atoms with Crippen LogP contribution in [0.5, 0.6) is 5.75 Å². The Kier molecular flexibility index (Phi) is 4.08. The lowest BCUT2D eigenvalue weighted by atomic mass is 10.2. The van der Waals surface area contributed by atoms with Crippen molar-refractivity contribution in [3.05, 3.63) is 35.5 Å². The molecule has 0 aliphatic carbocycles. The molecule has 0 unspecified atom stereocenters. The number of ether oxygens (including phenoxy) is 1. The summed E-state index contributed by atoms with van der Waals surface area (Å²) in [6.07, 6.45) is -1.76. The Morgan fingerprint density at radius 2 is 1.95 bits per heavy atom. The Balaban J connectivity index is 2.47. The molecule has 106 valence electrons. The summed E-state index contributed by atoms with van der Waals surface area (Å²) in [7, 11) is 0. The van der Waals surface area contributed by atoms with Crippen LogP contribution in [0, 0.1) is 0 Å². The second-order valence-electron chi connectivity index (χ2n) is 3.75. The Morgan fingerprint density at radius 3 is 2.60 bits per heavy atom. The number of rotatable bonds is 3. The molecule has 0 aromatic carbocycles. The van der Waals surface area contributed by atoms with Gasteiger partial charge in [-0.2, -0.15) is 13.2 Å². The van der Waals surface area contributed by atoms with Gasteiger partial charge in [0.25, 0.3) is 0 Å². The summed E-state index contributed by atoms with van der Waals surface area (Å²) in [6, 6.07) is 2.36. The molecular formula is C12H9ClF3N3O. The molecule has 0 N–H and O–H groups in total. The first-order valence-corrected chi connectivity index (χ1v) is 5.98. The van der Waals surface area contributed by atoms with E-state index in [1.54, 1.807) is 6.92 Å². The molecule has 8 heteroatoms. The van der Waals surface area contributed by atoms with Crippen molar-refractivity contribution in [2.24, 2.45) is 0 Å². The van der Waals surface area contributed by atoms with Crippen molar-refractivity contribution in [3.63, 3.8) is 0 Å². The van der Waals surface area contributed by atoms with Gasteiger partial charge in [0.2, 0.25) is 5.28 Å². The normalized spacial score (nSPS) is 11.4. The number of aromatic nitrogens is 3. The minimum Gasteiger partial charge on any atom is -0.492 e. The monoisotopic (exact) mass is 303 g/mol. The van der Waals surface area contributed by atoms with Crippen LogP contribution in [0.25, 0.3) is 11.3 Å². The summed E-state index contributed by atoms with van der Waals surface area (Å²) in [5, 5.41) is -0.475. The lowest BCUT2D eigenvalue weighted by Gasteiger charge is -2.09. The molecule has 0 spiro atoms. The summed E-state index contributed by atoms with van der Waals surface area (Å²) in [5.74, 6) is 0.438. The first kappa shape index (κ1) is 14.5. The predicted octanol–water partition coefficient (Wildman–Crippen LogP) is 3.61. The van der Waals surface area contributed by atoms with Crippen molar-refractivity contribution >= 4 is 11.6 Å². The first-order chi connectivity index (χ1) is 9.40. The van der Waals surface area contributed by atoms with Gasteiger partial charge in [-0.1, -0.05) is 0 Å². The largest absolute Gasteiger partial charge is 0.492 e. The predicted molar refractivity (Wildman–Crippen MR) is 66.4 cm³/mol. The molecule has 0 radical (unpaired) electrons. The SMILES string of the molecule is CCOc1cncc(-c2cc(C(F)(F)F)nc(Cl)n2)c1. The fraction of sp³-hybridized carbons (Fsp3) is 0.250. The van der Waals surface area contributed by atoms with Crippen molar-refractivity contribution in [1.29, 1.82) is 0 Å². The molecule has 20 heavy (non-hydrogen) atoms. The highest BCUT2D eigenvalue weighted by atomic mass is 35.5. The van der Waals surface area contributed by atoms with Crippen LogP contribution in [0.2, 0.25) is 5.28 Å². The molecule has 0 fully saturated rings. The lowest BCUT2D eigenvalue weighted by molar-refractivity contribution is -0.141. The summed E-state index contributed by atoms with van der Waals surface area (Å²) in [4.78, 5) is 10.8. The lowest BCUT2D eigenvalue weighted by Crippen LogP contribution is -2.09. The van der Waals surface area contributed by atoms with E-state index in [9.17, 15) is 13.2 Å². The van der Waals surface area contributed by atoms with Gasteiger partial charge in [0.05, 0.1) is 18.5 Å². The van der Waals surface area contributed by atoms with Crippen LogP contribution in [0.3, 0.4) is 0 Å². The zero-order valence-electron chi connectivity index (χ0n) is 10.3. The third-order valence-corrected chi connectivity index (χ3v) is 2.48. The number of hydrogen-bond acceptors (Lipinski definition) is 4. The van der Waals surface area contributed by atoms with Gasteiger partial charge < -0.3 is 4.74 Å². The minimum absolute atomic E-state index is 0.0337. The van der Waals surface area contributed by atoms with E-state index in [0.29, 0.717) is 17.9 Å². The molecule has 2 heterocycles. The third-order valence-electron chi connectivity index (χ3n) is 2.31. The van der Waals surface area contributed by atoms with Crippen LogP contribution >= 0.6 is 11.6 Å². The number of halogens is 4. The molecule has 0 atom stereocenters. The fourth-order valence-electron chi connectivity index (χ4n) is 1.52. The highest BCUT2D eigenvalue weighted by molar-refractivity contribution is 6.28. The number of hydrogen-bond donors (Lipinski definition) is 0. The van der Waals surface area contributed by atoms with Gasteiger partial charge in [0.1, 0.15) is 11.4 Å². The van der Waals surface area contributed by atoms with E-state index in [2.05, 4.69) is 15.0 Å². The van der Waals surface area contributed by atoms with Gasteiger partial charge in [-0.3, -0.25) is 4.98 Å². The van der Waals surface area contributed by atoms with E-state index in [0.717, 1.165) is 6.07 Å². The molecule has 0 aliphatic heterocycles. The smallest absolute Gasteiger partial charge is 0.433 e. The van der Waals surface area contributed by atoms with Crippen LogP contribution in [-0.4, -0.2) is 21.6 Å². The Bertz CT molecular complexity index is 619. The van der Waals surface area contributed by atoms with E-state index in [4.69, 9.17) is 16.3 Å². The van der Waals surface area contributed by atoms with Gasteiger partial charge >= 0.3 is 6.18 Å². The molecule has 2 aromatic rings. The Hall–Kier alpha value is -1.89. The maximum absolute atomic E-state index is 12.7. The number of alkyl halides is 3. The van der Waals surface area contributed by atoms with E-state index in [1.165, 1.54) is 18.5 Å². The van der Waals surface area contributed by atoms with Gasteiger partial charge in [-0.05, 0) is 30.7 Å². The number of pyridine rings is 1. The second kappa shape index (κ2) is 5.62. The van der Waals surface area contributed by atoms with Crippen molar-refractivity contribution in [2.45, 2.75) is 13.1 Å². The van der Waals surface area contributed by atoms with Crippen LogP contribution in [0.4, 0.5) is 13.2 Å². The van der Waals surface area contributed by atoms with E-state index < -0.39 is 17.2 Å². The van der Waals surface area contributed by atoms with E-state index in [-0.39, 0.29) is 5.69 Å². The summed E-state index contributed by atoms with van der Waals surface area (Å²) in [5.41, 5.74) is -0.702. The topological polar surface area (TPSA) is 47.9 Å². The van der Waals surface area contributed by atoms with Crippen molar-refractivity contribution in [3.8, 4) is 17.0 Å². The van der Waals surface area contributed by atoms with Crippen molar-refractivity contribution in [2.75, 3.05) is 6.61 Å². The summed E-state index contributed by atoms with van der Waals surface area (Å²) < 4.78 is 43.3. The molecule has 0 saturated heterocycles. The van der Waals surface area contributed by atoms with Gasteiger partial charge in [-0.25, -0.2) is 9.97 Å². The molecule has 2 aromatic heterocycles. The van der Waals surface area contributed by atoms with Crippen LogP contribution < -0.4 is 4.74 Å². The van der Waals surface area contributed by atoms with Crippen molar-refractivity contribution in [1.82, 2.24) is 15.0 Å². The van der Waals surface area contributed by atoms with Gasteiger partial charge in [-0.15, -0.1) is 0 Å². The fourth-order valence-corrected chi connectivity index (χ4v) is 1.70. The standard InChI is InChI=1S/C12H9ClF3N3O/c1-2-20-8-3-7(5-17-6-8)9-4-10(12(14,15)16)19-11(13)18-9/h3-6H,2H2,1H3. The Morgan fingerprint density at radius 1 is 1.20 bits per heavy atom. The molecule has 4 nitrogen and oxygen atoms in total. The zero-order chi connectivity index (χ0) is 14.8. The maximum atomic E-state index is 12.7. The molecule has 0 saturated carbocycles. The molecule has 2 rings (SSSR count). The highest BCUT2D eigenvalue weighted by Crippen LogP contribution is 2.31. The van der Waals surface area contributed by atoms with Crippen molar-refractivity contribution < 1.29 is 17.9 Å². The van der Waals surface area contributed by atoms with Crippen LogP contribution in [-0.2, 0) is 6.18 Å². The molecule has 0 bridgehead atoms. The van der Waals surface area contributed by atoms with Crippen LogP contribution in [0.1, 0.15) is 12.6 Å². The molecule has 0 aliphatic rings. The van der Waals surface area contributed by atoms with Crippen LogP contribution in [0.15, 0.2) is 24.5 Å². The molecular weight excluding hydrogens is 295 g/mol. The quantitative estimate of drug-likeness (QED) is 0.813. The van der Waals surface area contributed by atoms with E-state index >= 15 is 0 Å². The Labute approximate surface area is 117 Å². The third kappa shape index (κ3) is 3.36.